The molecule has 1 aliphatic heterocycles. The van der Waals surface area contributed by atoms with Crippen LogP contribution in [0.5, 0.6) is 23.0 Å². The van der Waals surface area contributed by atoms with E-state index in [2.05, 4.69) is 5.32 Å². The molecular formula is C23H29NO5. The van der Waals surface area contributed by atoms with Crippen LogP contribution in [0.1, 0.15) is 37.1 Å². The molecule has 2 aromatic carbocycles. The fourth-order valence-electron chi connectivity index (χ4n) is 4.09. The van der Waals surface area contributed by atoms with E-state index in [0.717, 1.165) is 11.1 Å². The van der Waals surface area contributed by atoms with E-state index in [1.807, 2.05) is 50.2 Å². The summed E-state index contributed by atoms with van der Waals surface area (Å²) in [6.07, 6.45) is 0. The van der Waals surface area contributed by atoms with Gasteiger partial charge in [0.2, 0.25) is 0 Å². The summed E-state index contributed by atoms with van der Waals surface area (Å²) in [4.78, 5) is 13.2. The van der Waals surface area contributed by atoms with E-state index in [1.54, 1.807) is 28.4 Å². The highest BCUT2D eigenvalue weighted by molar-refractivity contribution is 5.86. The molecule has 0 unspecified atom stereocenters. The standard InChI is InChI=1S/C23H29NO5/c1-13-21(17-9-7-15(26-3)11-19(17)28-5)24-22(14(2)23(13)25)18-10-8-16(27-4)12-20(18)29-6/h7-14,21-22,24H,1-6H3/t13-,14-,21-,22+/m0/s1. The van der Waals surface area contributed by atoms with Gasteiger partial charge in [-0.25, -0.2) is 0 Å². The van der Waals surface area contributed by atoms with Crippen LogP contribution in [0, 0.1) is 11.8 Å². The van der Waals surface area contributed by atoms with Crippen LogP contribution < -0.4 is 24.3 Å². The van der Waals surface area contributed by atoms with Gasteiger partial charge in [-0.1, -0.05) is 26.0 Å². The predicted octanol–water partition coefficient (Wildman–Crippen LogP) is 3.95. The number of ether oxygens (including phenoxy) is 4. The van der Waals surface area contributed by atoms with Gasteiger partial charge >= 0.3 is 0 Å². The molecule has 1 fully saturated rings. The van der Waals surface area contributed by atoms with Crippen molar-refractivity contribution in [3.05, 3.63) is 47.5 Å². The van der Waals surface area contributed by atoms with E-state index in [-0.39, 0.29) is 29.7 Å². The van der Waals surface area contributed by atoms with Crippen molar-refractivity contribution in [1.82, 2.24) is 5.32 Å². The smallest absolute Gasteiger partial charge is 0.142 e. The monoisotopic (exact) mass is 399 g/mol. The van der Waals surface area contributed by atoms with Gasteiger partial charge in [0.05, 0.1) is 28.4 Å². The van der Waals surface area contributed by atoms with E-state index in [1.165, 1.54) is 0 Å². The minimum absolute atomic E-state index is 0.198. The van der Waals surface area contributed by atoms with E-state index < -0.39 is 0 Å². The maximum absolute atomic E-state index is 13.2. The summed E-state index contributed by atoms with van der Waals surface area (Å²) in [6.45, 7) is 3.92. The highest BCUT2D eigenvalue weighted by Gasteiger charge is 2.42. The molecule has 4 atom stereocenters. The second-order valence-corrected chi connectivity index (χ2v) is 7.32. The highest BCUT2D eigenvalue weighted by atomic mass is 16.5. The van der Waals surface area contributed by atoms with E-state index in [9.17, 15) is 4.79 Å². The van der Waals surface area contributed by atoms with Gasteiger partial charge in [0, 0.05) is 47.2 Å². The number of rotatable bonds is 6. The molecular weight excluding hydrogens is 370 g/mol. The first-order chi connectivity index (χ1) is 13.9. The zero-order valence-corrected chi connectivity index (χ0v) is 17.8. The Morgan fingerprint density at radius 2 is 1.10 bits per heavy atom. The lowest BCUT2D eigenvalue weighted by molar-refractivity contribution is -0.130. The van der Waals surface area contributed by atoms with Crippen molar-refractivity contribution in [3.63, 3.8) is 0 Å². The van der Waals surface area contributed by atoms with Crippen molar-refractivity contribution in [2.45, 2.75) is 25.9 Å². The molecule has 2 aromatic rings. The highest BCUT2D eigenvalue weighted by Crippen LogP contribution is 2.44. The van der Waals surface area contributed by atoms with Crippen molar-refractivity contribution in [2.24, 2.45) is 11.8 Å². The SMILES string of the molecule is COc1ccc([C@H]2N[C@@H](c3ccc(OC)cc3OC)[C@H](C)C(=O)[C@H]2C)c(OC)c1. The fraction of sp³-hybridized carbons (Fsp3) is 0.435. The predicted molar refractivity (Wildman–Crippen MR) is 111 cm³/mol. The average molecular weight is 399 g/mol. The molecule has 6 nitrogen and oxygen atoms in total. The number of nitrogens with one attached hydrogen (secondary N) is 1. The van der Waals surface area contributed by atoms with Crippen LogP contribution in [0.15, 0.2) is 36.4 Å². The van der Waals surface area contributed by atoms with Crippen molar-refractivity contribution in [1.29, 1.82) is 0 Å². The zero-order chi connectivity index (χ0) is 21.1. The lowest BCUT2D eigenvalue weighted by Gasteiger charge is -2.40. The van der Waals surface area contributed by atoms with Crippen molar-refractivity contribution in [3.8, 4) is 23.0 Å². The molecule has 6 heteroatoms. The molecule has 156 valence electrons. The number of carbonyl (C=O) groups excluding carboxylic acids is 1. The molecule has 0 spiro atoms. The number of hydrogen-bond acceptors (Lipinski definition) is 6. The molecule has 0 aliphatic carbocycles. The lowest BCUT2D eigenvalue weighted by Crippen LogP contribution is -2.46. The molecule has 0 radical (unpaired) electrons. The number of carbonyl (C=O) groups is 1. The van der Waals surface area contributed by atoms with Gasteiger partial charge in [0.1, 0.15) is 28.8 Å². The Kier molecular flexibility index (Phi) is 6.33. The van der Waals surface area contributed by atoms with E-state index >= 15 is 0 Å². The van der Waals surface area contributed by atoms with Crippen LogP contribution in [0.3, 0.4) is 0 Å². The molecule has 1 heterocycles. The summed E-state index contributed by atoms with van der Waals surface area (Å²) in [5.41, 5.74) is 1.86. The summed E-state index contributed by atoms with van der Waals surface area (Å²) in [5.74, 6) is 2.60. The van der Waals surface area contributed by atoms with Gasteiger partial charge in [-0.05, 0) is 12.1 Å². The summed E-state index contributed by atoms with van der Waals surface area (Å²) in [5, 5.41) is 3.68. The Morgan fingerprint density at radius 1 is 0.690 bits per heavy atom. The van der Waals surface area contributed by atoms with Crippen LogP contribution >= 0.6 is 0 Å². The quantitative estimate of drug-likeness (QED) is 0.794. The van der Waals surface area contributed by atoms with Gasteiger partial charge in [0.25, 0.3) is 0 Å². The Bertz CT molecular complexity index is 812. The molecule has 29 heavy (non-hydrogen) atoms. The van der Waals surface area contributed by atoms with Crippen LogP contribution in [0.2, 0.25) is 0 Å². The maximum atomic E-state index is 13.2. The number of ketones is 1. The molecule has 0 saturated carbocycles. The minimum Gasteiger partial charge on any atom is -0.497 e. The normalized spacial score (nSPS) is 24.1. The Morgan fingerprint density at radius 3 is 1.45 bits per heavy atom. The average Bonchev–Trinajstić information content (AvgIpc) is 2.77. The molecule has 1 saturated heterocycles. The molecule has 1 N–H and O–H groups in total. The molecule has 0 amide bonds. The van der Waals surface area contributed by atoms with Gasteiger partial charge < -0.3 is 24.3 Å². The Hall–Kier alpha value is -2.73. The van der Waals surface area contributed by atoms with E-state index in [0.29, 0.717) is 23.0 Å². The van der Waals surface area contributed by atoms with Gasteiger partial charge in [-0.2, -0.15) is 0 Å². The number of Topliss-reactive ketones (excluding diaryl/α,β-unsaturated/α-hetero) is 1. The largest absolute Gasteiger partial charge is 0.497 e. The number of piperidine rings is 1. The van der Waals surface area contributed by atoms with Crippen LogP contribution in [0.4, 0.5) is 0 Å². The Labute approximate surface area is 172 Å². The van der Waals surface area contributed by atoms with Crippen LogP contribution in [-0.2, 0) is 4.79 Å². The third kappa shape index (κ3) is 3.90. The first-order valence-corrected chi connectivity index (χ1v) is 9.68. The van der Waals surface area contributed by atoms with Crippen molar-refractivity contribution >= 4 is 5.78 Å². The van der Waals surface area contributed by atoms with Crippen molar-refractivity contribution < 1.29 is 23.7 Å². The van der Waals surface area contributed by atoms with Gasteiger partial charge in [0.15, 0.2) is 0 Å². The topological polar surface area (TPSA) is 66.0 Å². The first kappa shape index (κ1) is 21.0. The van der Waals surface area contributed by atoms with Gasteiger partial charge in [-0.15, -0.1) is 0 Å². The third-order valence-electron chi connectivity index (χ3n) is 5.81. The first-order valence-electron chi connectivity index (χ1n) is 9.68. The summed E-state index contributed by atoms with van der Waals surface area (Å²) in [7, 11) is 6.49. The summed E-state index contributed by atoms with van der Waals surface area (Å²) >= 11 is 0. The van der Waals surface area contributed by atoms with Crippen LogP contribution in [-0.4, -0.2) is 34.2 Å². The second-order valence-electron chi connectivity index (χ2n) is 7.32. The van der Waals surface area contributed by atoms with Crippen LogP contribution in [0.25, 0.3) is 0 Å². The molecule has 3 rings (SSSR count). The number of methoxy groups -OCH3 is 4. The van der Waals surface area contributed by atoms with Gasteiger partial charge in [-0.3, -0.25) is 4.79 Å². The zero-order valence-electron chi connectivity index (χ0n) is 17.8. The van der Waals surface area contributed by atoms with Crippen molar-refractivity contribution in [2.75, 3.05) is 28.4 Å². The fourth-order valence-corrected chi connectivity index (χ4v) is 4.09. The minimum atomic E-state index is -0.201. The summed E-state index contributed by atoms with van der Waals surface area (Å²) in [6, 6.07) is 11.0. The Balaban J connectivity index is 2.03. The third-order valence-corrected chi connectivity index (χ3v) is 5.81. The molecule has 1 aliphatic rings. The number of hydrogen-bond donors (Lipinski definition) is 1. The molecule has 0 aromatic heterocycles. The maximum Gasteiger partial charge on any atom is 0.142 e. The number of benzene rings is 2. The summed E-state index contributed by atoms with van der Waals surface area (Å²) < 4.78 is 21.8. The molecule has 0 bridgehead atoms. The van der Waals surface area contributed by atoms with E-state index in [4.69, 9.17) is 18.9 Å². The lowest BCUT2D eigenvalue weighted by atomic mass is 9.76. The second kappa shape index (κ2) is 8.74.